The van der Waals surface area contributed by atoms with E-state index in [0.717, 1.165) is 42.5 Å². The summed E-state index contributed by atoms with van der Waals surface area (Å²) in [4.78, 5) is 0. The number of aliphatic hydroxyl groups is 1. The minimum atomic E-state index is -0.437. The van der Waals surface area contributed by atoms with Crippen molar-refractivity contribution in [3.8, 4) is 0 Å². The summed E-state index contributed by atoms with van der Waals surface area (Å²) in [5.41, 5.74) is 0.885. The van der Waals surface area contributed by atoms with E-state index in [9.17, 15) is 5.11 Å². The van der Waals surface area contributed by atoms with E-state index in [1.165, 1.54) is 0 Å². The molecule has 0 spiro atoms. The minimum absolute atomic E-state index is 0.437. The van der Waals surface area contributed by atoms with Crippen LogP contribution >= 0.6 is 27.5 Å². The first-order chi connectivity index (χ1) is 8.15. The zero-order valence-electron chi connectivity index (χ0n) is 9.53. The van der Waals surface area contributed by atoms with Crippen molar-refractivity contribution in [2.24, 2.45) is 5.92 Å². The minimum Gasteiger partial charge on any atom is -0.388 e. The molecule has 1 aromatic carbocycles. The number of aliphatic hydroxyl groups excluding tert-OH is 1. The molecule has 0 bridgehead atoms. The average molecular weight is 320 g/mol. The molecule has 0 amide bonds. The molecule has 94 valence electrons. The van der Waals surface area contributed by atoms with Crippen LogP contribution in [0.25, 0.3) is 0 Å². The Morgan fingerprint density at radius 2 is 2.06 bits per heavy atom. The van der Waals surface area contributed by atoms with Crippen LogP contribution < -0.4 is 0 Å². The fourth-order valence-corrected chi connectivity index (χ4v) is 3.09. The Morgan fingerprint density at radius 3 is 2.71 bits per heavy atom. The summed E-state index contributed by atoms with van der Waals surface area (Å²) in [6.45, 7) is 1.63. The molecular weight excluding hydrogens is 303 g/mol. The molecule has 0 aromatic heterocycles. The van der Waals surface area contributed by atoms with Gasteiger partial charge in [-0.15, -0.1) is 0 Å². The SMILES string of the molecule is OC(CC1CCOCC1)c1cc(Cl)cc(Br)c1. The predicted octanol–water partition coefficient (Wildman–Crippen LogP) is 3.95. The molecule has 0 saturated carbocycles. The van der Waals surface area contributed by atoms with E-state index in [4.69, 9.17) is 16.3 Å². The second-order valence-corrected chi connectivity index (χ2v) is 5.86. The molecule has 0 aliphatic carbocycles. The normalized spacial score (nSPS) is 19.2. The Morgan fingerprint density at radius 1 is 1.35 bits per heavy atom. The summed E-state index contributed by atoms with van der Waals surface area (Å²) in [7, 11) is 0. The zero-order chi connectivity index (χ0) is 12.3. The van der Waals surface area contributed by atoms with E-state index in [1.54, 1.807) is 0 Å². The van der Waals surface area contributed by atoms with E-state index in [0.29, 0.717) is 10.9 Å². The summed E-state index contributed by atoms with van der Waals surface area (Å²) in [5, 5.41) is 10.9. The van der Waals surface area contributed by atoms with Crippen LogP contribution in [0.2, 0.25) is 5.02 Å². The summed E-state index contributed by atoms with van der Waals surface area (Å²) in [6.07, 6.45) is 2.43. The molecular formula is C13H16BrClO2. The van der Waals surface area contributed by atoms with Crippen molar-refractivity contribution in [3.63, 3.8) is 0 Å². The largest absolute Gasteiger partial charge is 0.388 e. The molecule has 1 heterocycles. The second kappa shape index (κ2) is 6.19. The van der Waals surface area contributed by atoms with Crippen molar-refractivity contribution in [1.29, 1.82) is 0 Å². The molecule has 4 heteroatoms. The molecule has 2 rings (SSSR count). The highest BCUT2D eigenvalue weighted by atomic mass is 79.9. The number of hydrogen-bond acceptors (Lipinski definition) is 2. The molecule has 1 N–H and O–H groups in total. The molecule has 1 saturated heterocycles. The van der Waals surface area contributed by atoms with E-state index in [2.05, 4.69) is 15.9 Å². The lowest BCUT2D eigenvalue weighted by molar-refractivity contribution is 0.0435. The lowest BCUT2D eigenvalue weighted by Gasteiger charge is -2.24. The number of ether oxygens (including phenoxy) is 1. The Bertz CT molecular complexity index is 357. The van der Waals surface area contributed by atoms with Crippen molar-refractivity contribution >= 4 is 27.5 Å². The molecule has 0 radical (unpaired) electrons. The van der Waals surface area contributed by atoms with Crippen LogP contribution in [-0.4, -0.2) is 18.3 Å². The number of benzene rings is 1. The first-order valence-corrected chi connectivity index (χ1v) is 7.04. The smallest absolute Gasteiger partial charge is 0.0793 e. The summed E-state index contributed by atoms with van der Waals surface area (Å²) in [5.74, 6) is 0.552. The van der Waals surface area contributed by atoms with E-state index in [1.807, 2.05) is 18.2 Å². The zero-order valence-corrected chi connectivity index (χ0v) is 11.9. The first kappa shape index (κ1) is 13.3. The predicted molar refractivity (Wildman–Crippen MR) is 72.3 cm³/mol. The van der Waals surface area contributed by atoms with Gasteiger partial charge in [0.25, 0.3) is 0 Å². The van der Waals surface area contributed by atoms with Crippen LogP contribution in [0.1, 0.15) is 30.9 Å². The van der Waals surface area contributed by atoms with Crippen LogP contribution in [-0.2, 0) is 4.74 Å². The highest BCUT2D eigenvalue weighted by Gasteiger charge is 2.19. The van der Waals surface area contributed by atoms with Gasteiger partial charge in [0.1, 0.15) is 0 Å². The molecule has 1 fully saturated rings. The van der Waals surface area contributed by atoms with Gasteiger partial charge in [-0.25, -0.2) is 0 Å². The van der Waals surface area contributed by atoms with E-state index < -0.39 is 6.10 Å². The third-order valence-electron chi connectivity index (χ3n) is 3.17. The summed E-state index contributed by atoms with van der Waals surface area (Å²) < 4.78 is 6.22. The van der Waals surface area contributed by atoms with Gasteiger partial charge < -0.3 is 9.84 Å². The highest BCUT2D eigenvalue weighted by Crippen LogP contribution is 2.30. The van der Waals surface area contributed by atoms with E-state index >= 15 is 0 Å². The van der Waals surface area contributed by atoms with Gasteiger partial charge in [-0.3, -0.25) is 0 Å². The first-order valence-electron chi connectivity index (χ1n) is 5.87. The van der Waals surface area contributed by atoms with Gasteiger partial charge in [0, 0.05) is 22.7 Å². The molecule has 17 heavy (non-hydrogen) atoms. The molecule has 1 aliphatic heterocycles. The Labute approximate surface area is 115 Å². The van der Waals surface area contributed by atoms with Gasteiger partial charge in [0.05, 0.1) is 6.10 Å². The van der Waals surface area contributed by atoms with Gasteiger partial charge >= 0.3 is 0 Å². The molecule has 1 aromatic rings. The van der Waals surface area contributed by atoms with Gasteiger partial charge in [-0.05, 0) is 48.9 Å². The quantitative estimate of drug-likeness (QED) is 0.914. The van der Waals surface area contributed by atoms with E-state index in [-0.39, 0.29) is 0 Å². The third-order valence-corrected chi connectivity index (χ3v) is 3.84. The van der Waals surface area contributed by atoms with Crippen LogP contribution in [0.15, 0.2) is 22.7 Å². The maximum absolute atomic E-state index is 10.2. The van der Waals surface area contributed by atoms with Crippen LogP contribution in [0.3, 0.4) is 0 Å². The lowest BCUT2D eigenvalue weighted by Crippen LogP contribution is -2.18. The third kappa shape index (κ3) is 3.95. The van der Waals surface area contributed by atoms with Gasteiger partial charge in [0.2, 0.25) is 0 Å². The van der Waals surface area contributed by atoms with Crippen LogP contribution in [0, 0.1) is 5.92 Å². The topological polar surface area (TPSA) is 29.5 Å². The number of rotatable bonds is 3. The highest BCUT2D eigenvalue weighted by molar-refractivity contribution is 9.10. The van der Waals surface area contributed by atoms with Crippen molar-refractivity contribution in [2.45, 2.75) is 25.4 Å². The Hall–Kier alpha value is -0.0900. The maximum atomic E-state index is 10.2. The Kier molecular flexibility index (Phi) is 4.86. The number of halogens is 2. The van der Waals surface area contributed by atoms with Crippen molar-refractivity contribution < 1.29 is 9.84 Å². The summed E-state index contributed by atoms with van der Waals surface area (Å²) >= 11 is 9.37. The molecule has 2 nitrogen and oxygen atoms in total. The van der Waals surface area contributed by atoms with Crippen LogP contribution in [0.4, 0.5) is 0 Å². The molecule has 1 atom stereocenters. The fraction of sp³-hybridized carbons (Fsp3) is 0.538. The Balaban J connectivity index is 2.00. The van der Waals surface area contributed by atoms with Gasteiger partial charge in [-0.1, -0.05) is 27.5 Å². The maximum Gasteiger partial charge on any atom is 0.0793 e. The van der Waals surface area contributed by atoms with Gasteiger partial charge in [0.15, 0.2) is 0 Å². The summed E-state index contributed by atoms with van der Waals surface area (Å²) in [6, 6.07) is 5.58. The standard InChI is InChI=1S/C13H16BrClO2/c14-11-6-10(7-12(15)8-11)13(16)5-9-1-3-17-4-2-9/h6-9,13,16H,1-5H2. The molecule has 1 aliphatic rings. The van der Waals surface area contributed by atoms with Crippen molar-refractivity contribution in [3.05, 3.63) is 33.3 Å². The lowest BCUT2D eigenvalue weighted by atomic mass is 9.91. The second-order valence-electron chi connectivity index (χ2n) is 4.51. The van der Waals surface area contributed by atoms with Crippen LogP contribution in [0.5, 0.6) is 0 Å². The number of hydrogen-bond donors (Lipinski definition) is 1. The molecule has 1 unspecified atom stereocenters. The van der Waals surface area contributed by atoms with Crippen molar-refractivity contribution in [1.82, 2.24) is 0 Å². The monoisotopic (exact) mass is 318 g/mol. The van der Waals surface area contributed by atoms with Crippen molar-refractivity contribution in [2.75, 3.05) is 13.2 Å². The van der Waals surface area contributed by atoms with Gasteiger partial charge in [-0.2, -0.15) is 0 Å². The fourth-order valence-electron chi connectivity index (χ4n) is 2.20. The average Bonchev–Trinajstić information content (AvgIpc) is 2.29.